The zero-order valence-electron chi connectivity index (χ0n) is 23.4. The van der Waals surface area contributed by atoms with Crippen molar-refractivity contribution in [3.63, 3.8) is 0 Å². The summed E-state index contributed by atoms with van der Waals surface area (Å²) in [6.07, 6.45) is 0. The fourth-order valence-electron chi connectivity index (χ4n) is 6.25. The molecule has 0 saturated carbocycles. The molecule has 1 aliphatic carbocycles. The lowest BCUT2D eigenvalue weighted by atomic mass is 9.55. The van der Waals surface area contributed by atoms with Crippen LogP contribution in [0.1, 0.15) is 38.8 Å². The van der Waals surface area contributed by atoms with Crippen molar-refractivity contribution in [1.82, 2.24) is 9.97 Å². The molecule has 0 saturated heterocycles. The van der Waals surface area contributed by atoms with Gasteiger partial charge in [-0.2, -0.15) is 0 Å². The highest BCUT2D eigenvalue weighted by Crippen LogP contribution is 2.55. The minimum atomic E-state index is -0.0561. The maximum absolute atomic E-state index is 5.19. The topological polar surface area (TPSA) is 25.8 Å². The molecule has 7 rings (SSSR count). The van der Waals surface area contributed by atoms with Gasteiger partial charge in [-0.1, -0.05) is 125 Å². The van der Waals surface area contributed by atoms with Crippen molar-refractivity contribution in [2.24, 2.45) is 0 Å². The van der Waals surface area contributed by atoms with E-state index < -0.39 is 0 Å². The maximum atomic E-state index is 5.19. The molecule has 0 spiro atoms. The van der Waals surface area contributed by atoms with Crippen LogP contribution in [0, 0.1) is 0 Å². The van der Waals surface area contributed by atoms with Gasteiger partial charge in [0.15, 0.2) is 0 Å². The zero-order chi connectivity index (χ0) is 27.5. The summed E-state index contributed by atoms with van der Waals surface area (Å²) in [6.45, 7) is 9.52. The van der Waals surface area contributed by atoms with E-state index in [4.69, 9.17) is 9.97 Å². The number of fused-ring (bicyclic) bond motifs is 4. The van der Waals surface area contributed by atoms with Crippen molar-refractivity contribution < 1.29 is 0 Å². The predicted molar refractivity (Wildman–Crippen MR) is 167 cm³/mol. The van der Waals surface area contributed by atoms with Crippen LogP contribution in [0.3, 0.4) is 0 Å². The van der Waals surface area contributed by atoms with Crippen molar-refractivity contribution in [3.05, 3.63) is 132 Å². The minimum absolute atomic E-state index is 0.0377. The van der Waals surface area contributed by atoms with Crippen molar-refractivity contribution in [1.29, 1.82) is 0 Å². The fourth-order valence-corrected chi connectivity index (χ4v) is 6.25. The molecule has 2 heteroatoms. The van der Waals surface area contributed by atoms with E-state index in [0.717, 1.165) is 33.5 Å². The first-order chi connectivity index (χ1) is 19.3. The summed E-state index contributed by atoms with van der Waals surface area (Å²) in [7, 11) is 0. The molecule has 0 unspecified atom stereocenters. The Hall–Kier alpha value is -4.56. The average Bonchev–Trinajstić information content (AvgIpc) is 3.00. The van der Waals surface area contributed by atoms with Crippen molar-refractivity contribution in [2.75, 3.05) is 0 Å². The first kappa shape index (κ1) is 24.5. The summed E-state index contributed by atoms with van der Waals surface area (Å²) < 4.78 is 0. The first-order valence-corrected chi connectivity index (χ1v) is 14.0. The molecule has 0 atom stereocenters. The number of aromatic nitrogens is 2. The largest absolute Gasteiger partial charge is 0.244 e. The number of nitrogens with zero attached hydrogens (tertiary/aromatic N) is 2. The summed E-state index contributed by atoms with van der Waals surface area (Å²) in [4.78, 5) is 10.3. The molecule has 0 amide bonds. The standard InChI is InChI=1S/C38H32N2/c1-37(2)31-21-19-27(25-13-7-5-8-14-25)23-29(31)30-24-28(20-22-32(30)38(37,3)4)36-35(26-15-9-6-10-16-26)39-33-17-11-12-18-34(33)40-36/h5-24H,1-4H3. The summed E-state index contributed by atoms with van der Waals surface area (Å²) >= 11 is 0. The van der Waals surface area contributed by atoms with E-state index in [1.54, 1.807) is 0 Å². The van der Waals surface area contributed by atoms with Gasteiger partial charge in [-0.15, -0.1) is 0 Å². The van der Waals surface area contributed by atoms with E-state index in [-0.39, 0.29) is 10.8 Å². The lowest BCUT2D eigenvalue weighted by Crippen LogP contribution is -2.43. The third-order valence-corrected chi connectivity index (χ3v) is 9.24. The van der Waals surface area contributed by atoms with Gasteiger partial charge in [0.25, 0.3) is 0 Å². The third-order valence-electron chi connectivity index (χ3n) is 9.24. The summed E-state index contributed by atoms with van der Waals surface area (Å²) in [5.74, 6) is 0. The zero-order valence-corrected chi connectivity index (χ0v) is 23.4. The molecule has 1 aromatic heterocycles. The normalized spacial score (nSPS) is 14.9. The van der Waals surface area contributed by atoms with Gasteiger partial charge in [0, 0.05) is 11.1 Å². The van der Waals surface area contributed by atoms with Crippen molar-refractivity contribution >= 4 is 11.0 Å². The molecule has 0 bridgehead atoms. The van der Waals surface area contributed by atoms with Crippen molar-refractivity contribution in [3.8, 4) is 44.8 Å². The van der Waals surface area contributed by atoms with E-state index >= 15 is 0 Å². The van der Waals surface area contributed by atoms with E-state index in [2.05, 4.69) is 119 Å². The molecule has 0 aliphatic heterocycles. The van der Waals surface area contributed by atoms with Gasteiger partial charge in [-0.25, -0.2) is 9.97 Å². The van der Waals surface area contributed by atoms with E-state index in [1.165, 1.54) is 33.4 Å². The van der Waals surface area contributed by atoms with Crippen LogP contribution in [-0.4, -0.2) is 9.97 Å². The Morgan fingerprint density at radius 2 is 0.825 bits per heavy atom. The highest BCUT2D eigenvalue weighted by molar-refractivity contribution is 5.89. The van der Waals surface area contributed by atoms with Gasteiger partial charge in [0.05, 0.1) is 22.4 Å². The molecule has 0 fully saturated rings. The van der Waals surface area contributed by atoms with Gasteiger partial charge in [0.1, 0.15) is 0 Å². The number of para-hydroxylation sites is 2. The number of hydrogen-bond donors (Lipinski definition) is 0. The van der Waals surface area contributed by atoms with Crippen LogP contribution >= 0.6 is 0 Å². The van der Waals surface area contributed by atoms with Crippen LogP contribution in [0.2, 0.25) is 0 Å². The van der Waals surface area contributed by atoms with Gasteiger partial charge in [-0.05, 0) is 68.5 Å². The van der Waals surface area contributed by atoms with Crippen LogP contribution in [-0.2, 0) is 10.8 Å². The SMILES string of the molecule is CC1(C)c2ccc(-c3ccccc3)cc2-c2cc(-c3nc4ccccc4nc3-c3ccccc3)ccc2C1(C)C. The average molecular weight is 517 g/mol. The smallest absolute Gasteiger partial charge is 0.0973 e. The van der Waals surface area contributed by atoms with Crippen LogP contribution in [0.25, 0.3) is 55.8 Å². The number of rotatable bonds is 3. The summed E-state index contributed by atoms with van der Waals surface area (Å²) in [5.41, 5.74) is 13.5. The second-order valence-electron chi connectivity index (χ2n) is 11.9. The highest BCUT2D eigenvalue weighted by atomic mass is 14.8. The number of benzene rings is 5. The monoisotopic (exact) mass is 516 g/mol. The highest BCUT2D eigenvalue weighted by Gasteiger charge is 2.46. The molecule has 1 aliphatic rings. The molecule has 0 radical (unpaired) electrons. The third kappa shape index (κ3) is 3.71. The summed E-state index contributed by atoms with van der Waals surface area (Å²) in [5, 5.41) is 0. The molecule has 0 N–H and O–H groups in total. The van der Waals surface area contributed by atoms with E-state index in [1.807, 2.05) is 30.3 Å². The number of hydrogen-bond acceptors (Lipinski definition) is 2. The molecule has 40 heavy (non-hydrogen) atoms. The van der Waals surface area contributed by atoms with Gasteiger partial charge < -0.3 is 0 Å². The fraction of sp³-hybridized carbons (Fsp3) is 0.158. The predicted octanol–water partition coefficient (Wildman–Crippen LogP) is 9.87. The Morgan fingerprint density at radius 3 is 1.38 bits per heavy atom. The molecule has 2 nitrogen and oxygen atoms in total. The first-order valence-electron chi connectivity index (χ1n) is 14.0. The second kappa shape index (κ2) is 8.99. The van der Waals surface area contributed by atoms with Crippen molar-refractivity contribution in [2.45, 2.75) is 38.5 Å². The van der Waals surface area contributed by atoms with Gasteiger partial charge >= 0.3 is 0 Å². The van der Waals surface area contributed by atoms with Crippen LogP contribution in [0.4, 0.5) is 0 Å². The Bertz CT molecular complexity index is 1880. The summed E-state index contributed by atoms with van der Waals surface area (Å²) in [6, 6.07) is 43.2. The molecule has 1 heterocycles. The Balaban J connectivity index is 1.49. The maximum Gasteiger partial charge on any atom is 0.0973 e. The molecular weight excluding hydrogens is 484 g/mol. The lowest BCUT2D eigenvalue weighted by molar-refractivity contribution is 0.299. The molecule has 5 aromatic carbocycles. The Kier molecular flexibility index (Phi) is 5.50. The van der Waals surface area contributed by atoms with Gasteiger partial charge in [0.2, 0.25) is 0 Å². The second-order valence-corrected chi connectivity index (χ2v) is 11.9. The minimum Gasteiger partial charge on any atom is -0.244 e. The molecule has 194 valence electrons. The quantitative estimate of drug-likeness (QED) is 0.234. The molecular formula is C38H32N2. The van der Waals surface area contributed by atoms with Crippen LogP contribution in [0.5, 0.6) is 0 Å². The van der Waals surface area contributed by atoms with Gasteiger partial charge in [-0.3, -0.25) is 0 Å². The Labute approximate surface area is 236 Å². The Morgan fingerprint density at radius 1 is 0.400 bits per heavy atom. The van der Waals surface area contributed by atoms with E-state index in [0.29, 0.717) is 0 Å². The van der Waals surface area contributed by atoms with Crippen LogP contribution < -0.4 is 0 Å². The lowest BCUT2D eigenvalue weighted by Gasteiger charge is -2.48. The van der Waals surface area contributed by atoms with Crippen LogP contribution in [0.15, 0.2) is 121 Å². The van der Waals surface area contributed by atoms with E-state index in [9.17, 15) is 0 Å². The molecule has 6 aromatic rings.